The lowest BCUT2D eigenvalue weighted by Gasteiger charge is -2.25. The molecule has 13 heteroatoms. The molecular weight excluding hydrogens is 512 g/mol. The lowest BCUT2D eigenvalue weighted by molar-refractivity contribution is -0.120. The first-order valence-corrected chi connectivity index (χ1v) is 13.4. The van der Waals surface area contributed by atoms with Crippen LogP contribution in [0.5, 0.6) is 0 Å². The number of aromatic nitrogens is 1. The molecule has 194 valence electrons. The van der Waals surface area contributed by atoms with Crippen molar-refractivity contribution in [2.45, 2.75) is 32.7 Å². The molecule has 3 rings (SSSR count). The number of thiazole rings is 1. The van der Waals surface area contributed by atoms with E-state index in [-0.39, 0.29) is 24.4 Å². The first-order chi connectivity index (χ1) is 16.9. The van der Waals surface area contributed by atoms with Gasteiger partial charge in [-0.1, -0.05) is 13.8 Å². The number of carbonyl (C=O) groups excluding carboxylic acids is 2. The highest BCUT2D eigenvalue weighted by molar-refractivity contribution is 7.88. The second-order valence-electron chi connectivity index (χ2n) is 8.59. The van der Waals surface area contributed by atoms with Crippen LogP contribution in [0, 0.1) is 17.6 Å². The first kappa shape index (κ1) is 27.4. The third kappa shape index (κ3) is 7.67. The summed E-state index contributed by atoms with van der Waals surface area (Å²) in [4.78, 5) is 31.4. The highest BCUT2D eigenvalue weighted by Crippen LogP contribution is 2.24. The topological polar surface area (TPSA) is 120 Å². The molecule has 3 aromatic rings. The van der Waals surface area contributed by atoms with E-state index in [0.717, 1.165) is 16.8 Å². The predicted molar refractivity (Wildman–Crippen MR) is 135 cm³/mol. The second kappa shape index (κ2) is 11.7. The smallest absolute Gasteiger partial charge is 0.325 e. The summed E-state index contributed by atoms with van der Waals surface area (Å²) < 4.78 is 56.9. The summed E-state index contributed by atoms with van der Waals surface area (Å²) in [7, 11) is -2.72. The fourth-order valence-electron chi connectivity index (χ4n) is 3.41. The molecule has 36 heavy (non-hydrogen) atoms. The van der Waals surface area contributed by atoms with Gasteiger partial charge in [0.05, 0.1) is 15.7 Å². The monoisotopic (exact) mass is 539 g/mol. The number of urea groups is 1. The zero-order valence-corrected chi connectivity index (χ0v) is 21.6. The van der Waals surface area contributed by atoms with E-state index in [1.165, 1.54) is 23.3 Å². The molecule has 0 unspecified atom stereocenters. The largest absolute Gasteiger partial charge is 0.330 e. The van der Waals surface area contributed by atoms with Gasteiger partial charge in [-0.25, -0.2) is 23.3 Å². The molecule has 9 nitrogen and oxygen atoms in total. The Bertz CT molecular complexity index is 1330. The van der Waals surface area contributed by atoms with Crippen LogP contribution in [0.1, 0.15) is 25.8 Å². The van der Waals surface area contributed by atoms with Gasteiger partial charge in [-0.15, -0.1) is 11.3 Å². The van der Waals surface area contributed by atoms with Crippen LogP contribution in [0.2, 0.25) is 0 Å². The van der Waals surface area contributed by atoms with Crippen LogP contribution in [-0.4, -0.2) is 45.0 Å². The zero-order chi connectivity index (χ0) is 26.5. The Morgan fingerprint density at radius 3 is 2.47 bits per heavy atom. The summed E-state index contributed by atoms with van der Waals surface area (Å²) in [5.74, 6) is -2.08. The maximum absolute atomic E-state index is 13.8. The molecule has 0 bridgehead atoms. The number of nitrogens with zero attached hydrogens (tertiary/aromatic N) is 2. The molecule has 0 radical (unpaired) electrons. The fraction of sp³-hybridized carbons (Fsp3) is 0.348. The Kier molecular flexibility index (Phi) is 8.93. The van der Waals surface area contributed by atoms with Crippen LogP contribution in [0.25, 0.3) is 10.2 Å². The Labute approximate surface area is 212 Å². The Morgan fingerprint density at radius 1 is 1.11 bits per heavy atom. The number of hydrogen-bond donors (Lipinski definition) is 3. The second-order valence-corrected chi connectivity index (χ2v) is 11.0. The minimum atomic E-state index is -4.19. The third-order valence-electron chi connectivity index (χ3n) is 5.24. The summed E-state index contributed by atoms with van der Waals surface area (Å²) >= 11 is 1.43. The van der Waals surface area contributed by atoms with Gasteiger partial charge >= 0.3 is 16.2 Å². The SMILES string of the molecule is CC(C)CCNS(=O)(=O)NC(=O)N[C@@H](Cc1cc(F)cc(F)c1)C(=O)N(C)c1ccc2scnc2c1. The molecule has 1 atom stereocenters. The maximum Gasteiger partial charge on any atom is 0.330 e. The van der Waals surface area contributed by atoms with Crippen molar-refractivity contribution in [3.05, 3.63) is 59.1 Å². The van der Waals surface area contributed by atoms with Gasteiger partial charge in [-0.05, 0) is 48.2 Å². The van der Waals surface area contributed by atoms with Crippen molar-refractivity contribution in [3.8, 4) is 0 Å². The standard InChI is InChI=1S/C23H27F2N5O4S2/c1-14(2)6-7-27-36(33,34)29-23(32)28-20(10-15-8-16(24)11-17(25)9-15)22(31)30(3)18-4-5-21-19(12-18)26-13-35-21/h4-5,8-9,11-14,20,27H,6-7,10H2,1-3H3,(H2,28,29,32)/t20-/m0/s1. The van der Waals surface area contributed by atoms with Crippen molar-refractivity contribution in [2.24, 2.45) is 5.92 Å². The molecule has 0 saturated carbocycles. The van der Waals surface area contributed by atoms with Gasteiger partial charge in [0.2, 0.25) is 5.91 Å². The number of likely N-dealkylation sites (N-methyl/N-ethyl adjacent to an activating group) is 1. The van der Waals surface area contributed by atoms with Gasteiger partial charge in [-0.3, -0.25) is 4.79 Å². The molecule has 0 saturated heterocycles. The van der Waals surface area contributed by atoms with E-state index in [9.17, 15) is 26.8 Å². The van der Waals surface area contributed by atoms with Crippen LogP contribution in [0.4, 0.5) is 19.3 Å². The molecule has 1 heterocycles. The van der Waals surface area contributed by atoms with Crippen molar-refractivity contribution in [2.75, 3.05) is 18.5 Å². The third-order valence-corrected chi connectivity index (χ3v) is 7.09. The number of anilines is 1. The van der Waals surface area contributed by atoms with E-state index < -0.39 is 39.8 Å². The van der Waals surface area contributed by atoms with Crippen molar-refractivity contribution in [1.29, 1.82) is 0 Å². The summed E-state index contributed by atoms with van der Waals surface area (Å²) in [5.41, 5.74) is 2.91. The molecule has 0 aliphatic heterocycles. The van der Waals surface area contributed by atoms with Gasteiger partial charge < -0.3 is 10.2 Å². The quantitative estimate of drug-likeness (QED) is 0.365. The fourth-order valence-corrected chi connectivity index (χ4v) is 4.83. The molecule has 3 N–H and O–H groups in total. The van der Waals surface area contributed by atoms with Gasteiger partial charge in [0.1, 0.15) is 17.7 Å². The van der Waals surface area contributed by atoms with E-state index in [1.807, 2.05) is 13.8 Å². The minimum Gasteiger partial charge on any atom is -0.325 e. The lowest BCUT2D eigenvalue weighted by atomic mass is 10.0. The van der Waals surface area contributed by atoms with Crippen LogP contribution in [-0.2, 0) is 21.4 Å². The number of amides is 3. The number of rotatable bonds is 10. The number of benzene rings is 2. The molecule has 1 aromatic heterocycles. The van der Waals surface area contributed by atoms with E-state index >= 15 is 0 Å². The molecule has 0 spiro atoms. The number of nitrogens with one attached hydrogen (secondary N) is 3. The highest BCUT2D eigenvalue weighted by atomic mass is 32.2. The average Bonchev–Trinajstić information content (AvgIpc) is 3.24. The Balaban J connectivity index is 1.80. The molecule has 2 aromatic carbocycles. The summed E-state index contributed by atoms with van der Waals surface area (Å²) in [5, 5.41) is 2.32. The van der Waals surface area contributed by atoms with E-state index in [0.29, 0.717) is 23.7 Å². The van der Waals surface area contributed by atoms with E-state index in [2.05, 4.69) is 15.0 Å². The zero-order valence-electron chi connectivity index (χ0n) is 19.9. The number of carbonyl (C=O) groups is 2. The summed E-state index contributed by atoms with van der Waals surface area (Å²) in [6.07, 6.45) is 0.272. The minimum absolute atomic E-state index is 0.104. The van der Waals surface area contributed by atoms with Crippen LogP contribution in [0.3, 0.4) is 0 Å². The van der Waals surface area contributed by atoms with Crippen LogP contribution >= 0.6 is 11.3 Å². The lowest BCUT2D eigenvalue weighted by Crippen LogP contribution is -2.54. The van der Waals surface area contributed by atoms with Gasteiger partial charge in [0, 0.05) is 31.8 Å². The van der Waals surface area contributed by atoms with Gasteiger partial charge in [-0.2, -0.15) is 13.1 Å². The maximum atomic E-state index is 13.8. The number of fused-ring (bicyclic) bond motifs is 1. The summed E-state index contributed by atoms with van der Waals surface area (Å²) in [6.45, 7) is 3.96. The first-order valence-electron chi connectivity index (χ1n) is 11.1. The van der Waals surface area contributed by atoms with Gasteiger partial charge in [0.25, 0.3) is 0 Å². The van der Waals surface area contributed by atoms with E-state index in [4.69, 9.17) is 0 Å². The normalized spacial score (nSPS) is 12.5. The number of hydrogen-bond acceptors (Lipinski definition) is 6. The van der Waals surface area contributed by atoms with Crippen molar-refractivity contribution < 1.29 is 26.8 Å². The number of halogens is 2. The molecule has 0 fully saturated rings. The highest BCUT2D eigenvalue weighted by Gasteiger charge is 2.27. The predicted octanol–water partition coefficient (Wildman–Crippen LogP) is 3.33. The summed E-state index contributed by atoms with van der Waals surface area (Å²) in [6, 6.07) is 5.43. The Morgan fingerprint density at radius 2 is 1.81 bits per heavy atom. The van der Waals surface area contributed by atoms with Crippen molar-refractivity contribution >= 4 is 49.4 Å². The molecular formula is C23H27F2N5O4S2. The van der Waals surface area contributed by atoms with E-state index in [1.54, 1.807) is 28.4 Å². The average molecular weight is 540 g/mol. The molecule has 0 aliphatic carbocycles. The van der Waals surface area contributed by atoms with Crippen LogP contribution < -0.4 is 19.7 Å². The van der Waals surface area contributed by atoms with Crippen LogP contribution in [0.15, 0.2) is 41.9 Å². The molecule has 0 aliphatic rings. The Hall–Kier alpha value is -3.16. The van der Waals surface area contributed by atoms with Gasteiger partial charge in [0.15, 0.2) is 0 Å². The molecule has 3 amide bonds. The van der Waals surface area contributed by atoms with Crippen molar-refractivity contribution in [1.82, 2.24) is 19.7 Å². The van der Waals surface area contributed by atoms with Crippen molar-refractivity contribution in [3.63, 3.8) is 0 Å².